The SMILES string of the molecule is O=C1Nc2cnc3cc(F)c(Br)cc3c2C12CC(c1cccnc1)C2. The summed E-state index contributed by atoms with van der Waals surface area (Å²) in [5.41, 5.74) is 2.85. The topological polar surface area (TPSA) is 54.9 Å². The second-order valence-electron chi connectivity index (χ2n) is 6.76. The van der Waals surface area contributed by atoms with E-state index in [2.05, 4.69) is 37.3 Å². The molecule has 0 radical (unpaired) electrons. The highest BCUT2D eigenvalue weighted by molar-refractivity contribution is 9.10. The van der Waals surface area contributed by atoms with Gasteiger partial charge in [-0.3, -0.25) is 14.8 Å². The summed E-state index contributed by atoms with van der Waals surface area (Å²) in [7, 11) is 0. The lowest BCUT2D eigenvalue weighted by molar-refractivity contribution is -0.124. The zero-order chi connectivity index (χ0) is 17.2. The Balaban J connectivity index is 1.64. The maximum atomic E-state index is 13.9. The van der Waals surface area contributed by atoms with Gasteiger partial charge in [0.15, 0.2) is 0 Å². The molecular formula is C19H13BrFN3O. The van der Waals surface area contributed by atoms with E-state index in [1.807, 2.05) is 12.3 Å². The number of pyridine rings is 2. The molecule has 0 bridgehead atoms. The fourth-order valence-electron chi connectivity index (χ4n) is 4.18. The second-order valence-corrected chi connectivity index (χ2v) is 7.61. The zero-order valence-corrected chi connectivity index (χ0v) is 14.7. The van der Waals surface area contributed by atoms with Crippen molar-refractivity contribution in [3.63, 3.8) is 0 Å². The van der Waals surface area contributed by atoms with Crippen LogP contribution >= 0.6 is 15.9 Å². The number of amides is 1. The van der Waals surface area contributed by atoms with Gasteiger partial charge in [-0.15, -0.1) is 0 Å². The Hall–Kier alpha value is -2.34. The van der Waals surface area contributed by atoms with Crippen molar-refractivity contribution in [2.45, 2.75) is 24.2 Å². The smallest absolute Gasteiger partial charge is 0.235 e. The van der Waals surface area contributed by atoms with Gasteiger partial charge in [0.1, 0.15) is 5.82 Å². The van der Waals surface area contributed by atoms with Crippen molar-refractivity contribution in [1.29, 1.82) is 0 Å². The number of hydrogen-bond acceptors (Lipinski definition) is 3. The van der Waals surface area contributed by atoms with Crippen LogP contribution in [-0.4, -0.2) is 15.9 Å². The van der Waals surface area contributed by atoms with E-state index in [1.165, 1.54) is 6.07 Å². The quantitative estimate of drug-likeness (QED) is 0.665. The minimum atomic E-state index is -0.561. The van der Waals surface area contributed by atoms with Gasteiger partial charge in [0, 0.05) is 29.4 Å². The van der Waals surface area contributed by atoms with Crippen LogP contribution in [0.15, 0.2) is 47.3 Å². The molecule has 0 atom stereocenters. The number of carbonyl (C=O) groups is 1. The number of aromatic nitrogens is 2. The molecule has 5 rings (SSSR count). The Morgan fingerprint density at radius 1 is 1.28 bits per heavy atom. The van der Waals surface area contributed by atoms with Gasteiger partial charge >= 0.3 is 0 Å². The molecule has 1 saturated carbocycles. The molecule has 1 N–H and O–H groups in total. The van der Waals surface area contributed by atoms with Crippen LogP contribution in [0.5, 0.6) is 0 Å². The summed E-state index contributed by atoms with van der Waals surface area (Å²) in [5.74, 6) is -0.0389. The largest absolute Gasteiger partial charge is 0.324 e. The Bertz CT molecular complexity index is 1030. The molecule has 1 fully saturated rings. The number of nitrogens with zero attached hydrogens (tertiary/aromatic N) is 2. The maximum absolute atomic E-state index is 13.9. The summed E-state index contributed by atoms with van der Waals surface area (Å²) < 4.78 is 14.3. The van der Waals surface area contributed by atoms with Crippen molar-refractivity contribution in [2.75, 3.05) is 5.32 Å². The first-order valence-corrected chi connectivity index (χ1v) is 8.87. The van der Waals surface area contributed by atoms with E-state index in [9.17, 15) is 9.18 Å². The lowest BCUT2D eigenvalue weighted by Gasteiger charge is -2.44. The number of benzene rings is 1. The highest BCUT2D eigenvalue weighted by atomic mass is 79.9. The van der Waals surface area contributed by atoms with Gasteiger partial charge in [0.25, 0.3) is 0 Å². The van der Waals surface area contributed by atoms with E-state index in [4.69, 9.17) is 0 Å². The molecule has 124 valence electrons. The third-order valence-electron chi connectivity index (χ3n) is 5.42. The van der Waals surface area contributed by atoms with Crippen molar-refractivity contribution in [3.05, 3.63) is 64.3 Å². The van der Waals surface area contributed by atoms with Crippen molar-refractivity contribution < 1.29 is 9.18 Å². The number of fused-ring (bicyclic) bond motifs is 4. The summed E-state index contributed by atoms with van der Waals surface area (Å²) in [6, 6.07) is 7.11. The molecule has 1 aromatic carbocycles. The summed E-state index contributed by atoms with van der Waals surface area (Å²) in [5, 5.41) is 3.79. The number of nitrogens with one attached hydrogen (secondary N) is 1. The van der Waals surface area contributed by atoms with Gasteiger partial charge in [0.2, 0.25) is 5.91 Å². The molecule has 1 aliphatic carbocycles. The summed E-state index contributed by atoms with van der Waals surface area (Å²) in [4.78, 5) is 21.3. The second kappa shape index (κ2) is 5.08. The summed E-state index contributed by atoms with van der Waals surface area (Å²) in [6.07, 6.45) is 6.70. The van der Waals surface area contributed by atoms with E-state index in [1.54, 1.807) is 18.5 Å². The van der Waals surface area contributed by atoms with E-state index in [-0.39, 0.29) is 11.7 Å². The van der Waals surface area contributed by atoms with Gasteiger partial charge in [0.05, 0.1) is 27.3 Å². The predicted molar refractivity (Wildman–Crippen MR) is 95.9 cm³/mol. The average molecular weight is 398 g/mol. The Morgan fingerprint density at radius 3 is 2.88 bits per heavy atom. The van der Waals surface area contributed by atoms with Crippen LogP contribution in [0.1, 0.15) is 29.9 Å². The van der Waals surface area contributed by atoms with Crippen LogP contribution in [0.4, 0.5) is 10.1 Å². The third kappa shape index (κ3) is 2.00. The van der Waals surface area contributed by atoms with Gasteiger partial charge < -0.3 is 5.32 Å². The lowest BCUT2D eigenvalue weighted by atomic mass is 9.57. The first-order chi connectivity index (χ1) is 12.1. The molecule has 1 aliphatic heterocycles. The average Bonchev–Trinajstić information content (AvgIpc) is 2.88. The first kappa shape index (κ1) is 15.0. The lowest BCUT2D eigenvalue weighted by Crippen LogP contribution is -2.45. The van der Waals surface area contributed by atoms with Crippen molar-refractivity contribution in [2.24, 2.45) is 0 Å². The maximum Gasteiger partial charge on any atom is 0.235 e. The van der Waals surface area contributed by atoms with Crippen molar-refractivity contribution >= 4 is 38.4 Å². The molecule has 4 nitrogen and oxygen atoms in total. The first-order valence-electron chi connectivity index (χ1n) is 8.08. The van der Waals surface area contributed by atoms with Crippen molar-refractivity contribution in [3.8, 4) is 0 Å². The molecule has 3 heterocycles. The molecule has 0 saturated heterocycles. The van der Waals surface area contributed by atoms with Crippen LogP contribution in [0.3, 0.4) is 0 Å². The number of rotatable bonds is 1. The fourth-order valence-corrected chi connectivity index (χ4v) is 4.52. The van der Waals surface area contributed by atoms with Crippen molar-refractivity contribution in [1.82, 2.24) is 9.97 Å². The van der Waals surface area contributed by atoms with Gasteiger partial charge in [-0.25, -0.2) is 4.39 Å². The number of halogens is 2. The molecule has 2 aliphatic rings. The molecule has 6 heteroatoms. The van der Waals surface area contributed by atoms with E-state index in [0.717, 1.165) is 35.0 Å². The van der Waals surface area contributed by atoms with Gasteiger partial charge in [-0.05, 0) is 52.4 Å². The van der Waals surface area contributed by atoms with Crippen LogP contribution < -0.4 is 5.32 Å². The highest BCUT2D eigenvalue weighted by Crippen LogP contribution is 2.58. The van der Waals surface area contributed by atoms with Crippen LogP contribution in [0, 0.1) is 5.82 Å². The van der Waals surface area contributed by atoms with Gasteiger partial charge in [-0.1, -0.05) is 6.07 Å². The van der Waals surface area contributed by atoms with E-state index >= 15 is 0 Å². The van der Waals surface area contributed by atoms with Crippen LogP contribution in [-0.2, 0) is 10.2 Å². The summed E-state index contributed by atoms with van der Waals surface area (Å²) >= 11 is 3.25. The van der Waals surface area contributed by atoms with E-state index < -0.39 is 5.41 Å². The van der Waals surface area contributed by atoms with Gasteiger partial charge in [-0.2, -0.15) is 0 Å². The molecule has 1 spiro atoms. The normalized spacial score (nSPS) is 24.2. The molecule has 25 heavy (non-hydrogen) atoms. The predicted octanol–water partition coefficient (Wildman–Crippen LogP) is 4.30. The Labute approximate surface area is 151 Å². The number of carbonyl (C=O) groups excluding carboxylic acids is 1. The molecule has 3 aromatic rings. The number of hydrogen-bond donors (Lipinski definition) is 1. The zero-order valence-electron chi connectivity index (χ0n) is 13.1. The molecular weight excluding hydrogens is 385 g/mol. The Kier molecular flexibility index (Phi) is 3.04. The molecule has 0 unspecified atom stereocenters. The van der Waals surface area contributed by atoms with Crippen LogP contribution in [0.2, 0.25) is 0 Å². The number of anilines is 1. The third-order valence-corrected chi connectivity index (χ3v) is 6.02. The monoisotopic (exact) mass is 397 g/mol. The molecule has 1 amide bonds. The standard InChI is InChI=1S/C19H13BrFN3O/c20-13-4-12-15(5-14(13)21)23-9-16-17(12)19(18(25)24-16)6-11(7-19)10-2-1-3-22-8-10/h1-5,8-9,11H,6-7H2,(H,24,25). The minimum Gasteiger partial charge on any atom is -0.324 e. The Morgan fingerprint density at radius 2 is 2.12 bits per heavy atom. The minimum absolute atomic E-state index is 0.0115. The summed E-state index contributed by atoms with van der Waals surface area (Å²) in [6.45, 7) is 0. The highest BCUT2D eigenvalue weighted by Gasteiger charge is 2.56. The molecule has 2 aromatic heterocycles. The van der Waals surface area contributed by atoms with Crippen LogP contribution in [0.25, 0.3) is 10.9 Å². The van der Waals surface area contributed by atoms with E-state index in [0.29, 0.717) is 15.9 Å². The fraction of sp³-hybridized carbons (Fsp3) is 0.211.